The Bertz CT molecular complexity index is 767. The van der Waals surface area contributed by atoms with E-state index in [1.165, 1.54) is 25.2 Å². The molecule has 0 aliphatic rings. The summed E-state index contributed by atoms with van der Waals surface area (Å²) in [4.78, 5) is 17.8. The molecule has 1 amide bonds. The maximum absolute atomic E-state index is 12.8. The maximum atomic E-state index is 12.8. The molecule has 0 saturated carbocycles. The molecule has 0 fully saturated rings. The van der Waals surface area contributed by atoms with Crippen LogP contribution in [0.5, 0.6) is 0 Å². The smallest absolute Gasteiger partial charge is 0.220 e. The molecule has 0 spiro atoms. The van der Waals surface area contributed by atoms with Crippen LogP contribution in [0.1, 0.15) is 71.8 Å². The molecule has 0 unspecified atom stereocenters. The van der Waals surface area contributed by atoms with Crippen LogP contribution < -0.4 is 10.2 Å². The van der Waals surface area contributed by atoms with Gasteiger partial charge >= 0.3 is 0 Å². The van der Waals surface area contributed by atoms with Gasteiger partial charge in [0.1, 0.15) is 0 Å². The van der Waals surface area contributed by atoms with Crippen molar-refractivity contribution in [3.8, 4) is 0 Å². The number of aromatic nitrogens is 1. The van der Waals surface area contributed by atoms with Gasteiger partial charge in [-0.1, -0.05) is 25.4 Å². The molecule has 0 bridgehead atoms. The minimum atomic E-state index is 0.148. The van der Waals surface area contributed by atoms with Crippen LogP contribution in [0.2, 0.25) is 5.02 Å². The number of fused-ring (bicyclic) bond motifs is 1. The van der Waals surface area contributed by atoms with E-state index >= 15 is 0 Å². The number of hydrogen-bond acceptors (Lipinski definition) is 1. The second-order valence-corrected chi connectivity index (χ2v) is 9.22. The van der Waals surface area contributed by atoms with Gasteiger partial charge in [-0.2, -0.15) is 0 Å². The first-order valence-corrected chi connectivity index (χ1v) is 11.6. The molecule has 1 aromatic carbocycles. The Labute approximate surface area is 181 Å². The van der Waals surface area contributed by atoms with Crippen LogP contribution in [0.3, 0.4) is 0 Å². The van der Waals surface area contributed by atoms with Gasteiger partial charge in [-0.3, -0.25) is 4.79 Å². The fourth-order valence-electron chi connectivity index (χ4n) is 4.23. The first kappa shape index (κ1) is 23.8. The topological polar surface area (TPSA) is 49.3 Å². The molecule has 3 N–H and O–H groups in total. The van der Waals surface area contributed by atoms with E-state index in [1.807, 2.05) is 18.2 Å². The quantitative estimate of drug-likeness (QED) is 0.463. The zero-order chi connectivity index (χ0) is 21.4. The average Bonchev–Trinajstić information content (AvgIpc) is 3.07. The van der Waals surface area contributed by atoms with Gasteiger partial charge in [0.15, 0.2) is 0 Å². The van der Waals surface area contributed by atoms with E-state index in [2.05, 4.69) is 51.1 Å². The summed E-state index contributed by atoms with van der Waals surface area (Å²) in [5, 5.41) is 5.09. The molecule has 1 aromatic heterocycles. The summed E-state index contributed by atoms with van der Waals surface area (Å²) >= 11 is 6.23. The number of hydrogen-bond donors (Lipinski definition) is 3. The summed E-state index contributed by atoms with van der Waals surface area (Å²) in [5.41, 5.74) is 2.27. The maximum Gasteiger partial charge on any atom is 0.220 e. The Morgan fingerprint density at radius 1 is 1.21 bits per heavy atom. The number of carbonyl (C=O) groups excluding carboxylic acids is 1. The van der Waals surface area contributed by atoms with Crippen LogP contribution in [0, 0.1) is 5.92 Å². The van der Waals surface area contributed by atoms with Crippen LogP contribution >= 0.6 is 11.6 Å². The molecule has 2 aromatic rings. The first-order chi connectivity index (χ1) is 13.8. The molecule has 0 aliphatic carbocycles. The lowest BCUT2D eigenvalue weighted by Gasteiger charge is -2.21. The number of rotatable bonds is 12. The van der Waals surface area contributed by atoms with E-state index in [4.69, 9.17) is 11.6 Å². The van der Waals surface area contributed by atoms with Crippen molar-refractivity contribution >= 4 is 28.4 Å². The van der Waals surface area contributed by atoms with E-state index in [9.17, 15) is 4.79 Å². The normalized spacial score (nSPS) is 13.9. The molecule has 0 radical (unpaired) electrons. The largest absolute Gasteiger partial charge is 0.361 e. The Kier molecular flexibility index (Phi) is 9.51. The van der Waals surface area contributed by atoms with E-state index in [-0.39, 0.29) is 17.9 Å². The molecule has 2 atom stereocenters. The second kappa shape index (κ2) is 11.6. The molecular weight excluding hydrogens is 382 g/mol. The lowest BCUT2D eigenvalue weighted by Crippen LogP contribution is -3.11. The molecule has 1 heterocycles. The number of benzene rings is 1. The van der Waals surface area contributed by atoms with Gasteiger partial charge in [0.25, 0.3) is 0 Å². The minimum Gasteiger partial charge on any atom is -0.361 e. The van der Waals surface area contributed by atoms with Crippen molar-refractivity contribution in [2.75, 3.05) is 19.6 Å². The zero-order valence-corrected chi connectivity index (χ0v) is 19.5. The van der Waals surface area contributed by atoms with Crippen molar-refractivity contribution in [3.05, 3.63) is 35.0 Å². The summed E-state index contributed by atoms with van der Waals surface area (Å²) in [6.45, 7) is 14.5. The summed E-state index contributed by atoms with van der Waals surface area (Å²) in [6, 6.07) is 6.13. The third kappa shape index (κ3) is 7.35. The monoisotopic (exact) mass is 420 g/mol. The second-order valence-electron chi connectivity index (χ2n) is 8.78. The van der Waals surface area contributed by atoms with Gasteiger partial charge in [0, 0.05) is 34.6 Å². The van der Waals surface area contributed by atoms with Crippen molar-refractivity contribution in [1.82, 2.24) is 10.3 Å². The minimum absolute atomic E-state index is 0.148. The molecule has 0 aliphatic heterocycles. The molecule has 162 valence electrons. The lowest BCUT2D eigenvalue weighted by molar-refractivity contribution is -0.896. The highest BCUT2D eigenvalue weighted by molar-refractivity contribution is 6.31. The van der Waals surface area contributed by atoms with E-state index in [0.717, 1.165) is 35.2 Å². The predicted molar refractivity (Wildman–Crippen MR) is 124 cm³/mol. The number of nitrogens with one attached hydrogen (secondary N) is 3. The highest BCUT2D eigenvalue weighted by atomic mass is 35.5. The van der Waals surface area contributed by atoms with Gasteiger partial charge < -0.3 is 15.2 Å². The number of halogens is 1. The average molecular weight is 421 g/mol. The molecule has 5 heteroatoms. The fraction of sp³-hybridized carbons (Fsp3) is 0.625. The molecule has 4 nitrogen and oxygen atoms in total. The summed E-state index contributed by atoms with van der Waals surface area (Å²) in [6.07, 6.45) is 5.73. The van der Waals surface area contributed by atoms with Crippen molar-refractivity contribution in [2.24, 2.45) is 5.92 Å². The Morgan fingerprint density at radius 2 is 1.93 bits per heavy atom. The van der Waals surface area contributed by atoms with Gasteiger partial charge in [0.05, 0.1) is 19.6 Å². The Balaban J connectivity index is 1.98. The molecule has 29 heavy (non-hydrogen) atoms. The number of quaternary nitrogens is 1. The molecular formula is C24H39ClN3O+. The number of aromatic amines is 1. The third-order valence-electron chi connectivity index (χ3n) is 5.88. The van der Waals surface area contributed by atoms with Crippen LogP contribution in [-0.2, 0) is 4.79 Å². The SMILES string of the molecule is CC[NH+](CC)CCC[C@H](C)NC(=O)C[C@H](CC(C)C)c1c[nH]c2ccc(Cl)cc12. The Morgan fingerprint density at radius 3 is 2.59 bits per heavy atom. The summed E-state index contributed by atoms with van der Waals surface area (Å²) in [7, 11) is 0. The third-order valence-corrected chi connectivity index (χ3v) is 6.11. The van der Waals surface area contributed by atoms with E-state index < -0.39 is 0 Å². The number of carbonyl (C=O) groups is 1. The predicted octanol–water partition coefficient (Wildman–Crippen LogP) is 4.55. The van der Waals surface area contributed by atoms with Crippen molar-refractivity contribution in [3.63, 3.8) is 0 Å². The van der Waals surface area contributed by atoms with Crippen molar-refractivity contribution in [2.45, 2.75) is 72.3 Å². The molecule has 0 saturated heterocycles. The first-order valence-electron chi connectivity index (χ1n) is 11.2. The van der Waals surface area contributed by atoms with Crippen LogP contribution in [0.15, 0.2) is 24.4 Å². The summed E-state index contributed by atoms with van der Waals surface area (Å²) in [5.74, 6) is 0.857. The van der Waals surface area contributed by atoms with Gasteiger partial charge in [-0.15, -0.1) is 0 Å². The van der Waals surface area contributed by atoms with Crippen molar-refractivity contribution in [1.29, 1.82) is 0 Å². The van der Waals surface area contributed by atoms with Gasteiger partial charge in [-0.05, 0) is 75.6 Å². The summed E-state index contributed by atoms with van der Waals surface area (Å²) < 4.78 is 0. The fourth-order valence-corrected chi connectivity index (χ4v) is 4.41. The molecule has 2 rings (SSSR count). The zero-order valence-electron chi connectivity index (χ0n) is 18.8. The number of amides is 1. The van der Waals surface area contributed by atoms with E-state index in [1.54, 1.807) is 4.90 Å². The van der Waals surface area contributed by atoms with Gasteiger partial charge in [-0.25, -0.2) is 0 Å². The number of H-pyrrole nitrogens is 1. The highest BCUT2D eigenvalue weighted by Crippen LogP contribution is 2.34. The van der Waals surface area contributed by atoms with Crippen LogP contribution in [-0.4, -0.2) is 36.6 Å². The van der Waals surface area contributed by atoms with Crippen LogP contribution in [0.4, 0.5) is 0 Å². The van der Waals surface area contributed by atoms with Gasteiger partial charge in [0.2, 0.25) is 5.91 Å². The Hall–Kier alpha value is -1.52. The van der Waals surface area contributed by atoms with E-state index in [0.29, 0.717) is 12.3 Å². The highest BCUT2D eigenvalue weighted by Gasteiger charge is 2.21. The lowest BCUT2D eigenvalue weighted by atomic mass is 9.87. The van der Waals surface area contributed by atoms with Crippen molar-refractivity contribution < 1.29 is 9.69 Å². The standard InChI is InChI=1S/C24H38ClN3O/c1-6-28(7-2)12-8-9-18(5)27-24(29)14-19(13-17(3)4)22-16-26-23-11-10-20(25)15-21(22)23/h10-11,15-19,26H,6-9,12-14H2,1-5H3,(H,27,29)/p+1/t18-,19-/m0/s1. The van der Waals surface area contributed by atoms with Crippen LogP contribution in [0.25, 0.3) is 10.9 Å².